The topological polar surface area (TPSA) is 28.0 Å². The number of halogens is 3. The molecule has 0 radical (unpaired) electrons. The predicted molar refractivity (Wildman–Crippen MR) is 65.9 cm³/mol. The molecule has 1 aliphatic rings. The molecule has 0 fully saturated rings. The summed E-state index contributed by atoms with van der Waals surface area (Å²) in [5, 5.41) is 7.72. The number of aliphatic imine (C=N–C) groups is 1. The van der Waals surface area contributed by atoms with Crippen LogP contribution in [0.15, 0.2) is 34.4 Å². The minimum Gasteiger partial charge on any atom is -0.263 e. The third-order valence-corrected chi connectivity index (χ3v) is 2.52. The van der Waals surface area contributed by atoms with Gasteiger partial charge in [0.25, 0.3) is 0 Å². The van der Waals surface area contributed by atoms with Crippen LogP contribution in [0.1, 0.15) is 12.0 Å². The van der Waals surface area contributed by atoms with E-state index in [4.69, 9.17) is 0 Å². The van der Waals surface area contributed by atoms with Gasteiger partial charge < -0.3 is 0 Å². The maximum absolute atomic E-state index is 12.6. The lowest BCUT2D eigenvalue weighted by atomic mass is 10.2. The van der Waals surface area contributed by atoms with Gasteiger partial charge in [-0.25, -0.2) is 0 Å². The van der Waals surface area contributed by atoms with Gasteiger partial charge in [0.1, 0.15) is 0 Å². The van der Waals surface area contributed by atoms with Crippen molar-refractivity contribution in [3.05, 3.63) is 29.8 Å². The molecule has 0 atom stereocenters. The highest BCUT2D eigenvalue weighted by Crippen LogP contribution is 2.32. The first kappa shape index (κ1) is 12.7. The molecule has 0 aliphatic carbocycles. The van der Waals surface area contributed by atoms with Gasteiger partial charge in [0, 0.05) is 13.0 Å². The van der Waals surface area contributed by atoms with Crippen molar-refractivity contribution in [3.63, 3.8) is 0 Å². The first-order chi connectivity index (χ1) is 8.50. The standard InChI is InChI=1S/C11H8F3N3S/c12-11(13,14)8-2-1-3-9(6-8)17-5-4-10(16-17)15-7-18/h1-3,6H,4-5H2. The van der Waals surface area contributed by atoms with E-state index in [1.165, 1.54) is 11.1 Å². The number of hydrazone groups is 1. The highest BCUT2D eigenvalue weighted by molar-refractivity contribution is 7.78. The molecule has 7 heteroatoms. The fraction of sp³-hybridized carbons (Fsp3) is 0.273. The monoisotopic (exact) mass is 271 g/mol. The van der Waals surface area contributed by atoms with Gasteiger partial charge in [-0.15, -0.1) is 0 Å². The Hall–Kier alpha value is -1.72. The number of thiocarbonyl (C=S) groups is 1. The van der Waals surface area contributed by atoms with Crippen molar-refractivity contribution in [2.45, 2.75) is 12.6 Å². The van der Waals surface area contributed by atoms with Crippen LogP contribution >= 0.6 is 12.2 Å². The van der Waals surface area contributed by atoms with Crippen molar-refractivity contribution < 1.29 is 13.2 Å². The zero-order chi connectivity index (χ0) is 13.2. The maximum atomic E-state index is 12.6. The van der Waals surface area contributed by atoms with E-state index >= 15 is 0 Å². The van der Waals surface area contributed by atoms with Crippen LogP contribution in [0.2, 0.25) is 0 Å². The zero-order valence-electron chi connectivity index (χ0n) is 9.11. The Labute approximate surface area is 107 Å². The molecule has 2 rings (SSSR count). The van der Waals surface area contributed by atoms with Crippen LogP contribution in [0.5, 0.6) is 0 Å². The maximum Gasteiger partial charge on any atom is 0.416 e. The highest BCUT2D eigenvalue weighted by Gasteiger charge is 2.31. The normalized spacial score (nSPS) is 15.3. The molecule has 94 valence electrons. The molecular weight excluding hydrogens is 263 g/mol. The van der Waals surface area contributed by atoms with Gasteiger partial charge >= 0.3 is 6.18 Å². The first-order valence-electron chi connectivity index (χ1n) is 5.11. The molecule has 0 N–H and O–H groups in total. The van der Waals surface area contributed by atoms with E-state index < -0.39 is 11.7 Å². The summed E-state index contributed by atoms with van der Waals surface area (Å²) in [6, 6.07) is 5.02. The van der Waals surface area contributed by atoms with E-state index in [9.17, 15) is 13.2 Å². The van der Waals surface area contributed by atoms with Gasteiger partial charge in [-0.05, 0) is 30.4 Å². The third-order valence-electron chi connectivity index (χ3n) is 2.43. The minimum absolute atomic E-state index is 0.388. The van der Waals surface area contributed by atoms with E-state index in [0.717, 1.165) is 12.1 Å². The van der Waals surface area contributed by atoms with Crippen molar-refractivity contribution in [1.29, 1.82) is 0 Å². The molecule has 1 aliphatic heterocycles. The Morgan fingerprint density at radius 2 is 2.17 bits per heavy atom. The van der Waals surface area contributed by atoms with Crippen molar-refractivity contribution in [1.82, 2.24) is 0 Å². The molecule has 0 spiro atoms. The molecule has 1 heterocycles. The molecule has 0 bridgehead atoms. The number of rotatable bonds is 1. The molecule has 0 saturated carbocycles. The summed E-state index contributed by atoms with van der Waals surface area (Å²) in [5.74, 6) is 0.474. The van der Waals surface area contributed by atoms with Crippen LogP contribution in [-0.4, -0.2) is 17.5 Å². The summed E-state index contributed by atoms with van der Waals surface area (Å²) in [5.41, 5.74) is -0.304. The lowest BCUT2D eigenvalue weighted by Crippen LogP contribution is -2.13. The summed E-state index contributed by atoms with van der Waals surface area (Å²) >= 11 is 4.45. The highest BCUT2D eigenvalue weighted by atomic mass is 32.1. The number of nitrogens with zero attached hydrogens (tertiary/aromatic N) is 3. The van der Waals surface area contributed by atoms with Crippen molar-refractivity contribution in [2.75, 3.05) is 11.6 Å². The molecule has 1 aromatic rings. The predicted octanol–water partition coefficient (Wildman–Crippen LogP) is 3.33. The zero-order valence-corrected chi connectivity index (χ0v) is 9.92. The van der Waals surface area contributed by atoms with E-state index in [-0.39, 0.29) is 0 Å². The Bertz CT molecular complexity index is 533. The van der Waals surface area contributed by atoms with Gasteiger partial charge in [-0.1, -0.05) is 6.07 Å². The second-order valence-electron chi connectivity index (χ2n) is 3.64. The summed E-state index contributed by atoms with van der Waals surface area (Å²) in [6.07, 6.45) is -3.81. The Kier molecular flexibility index (Phi) is 3.45. The van der Waals surface area contributed by atoms with Crippen molar-refractivity contribution in [3.8, 4) is 0 Å². The lowest BCUT2D eigenvalue weighted by Gasteiger charge is -2.15. The first-order valence-corrected chi connectivity index (χ1v) is 5.51. The number of hydrogen-bond donors (Lipinski definition) is 0. The van der Waals surface area contributed by atoms with Crippen LogP contribution < -0.4 is 5.01 Å². The summed E-state index contributed by atoms with van der Waals surface area (Å²) in [7, 11) is 0. The van der Waals surface area contributed by atoms with E-state index in [1.54, 1.807) is 6.07 Å². The van der Waals surface area contributed by atoms with E-state index in [1.807, 2.05) is 0 Å². The van der Waals surface area contributed by atoms with Gasteiger partial charge in [0.15, 0.2) is 5.84 Å². The summed E-state index contributed by atoms with van der Waals surface area (Å²) in [4.78, 5) is 3.72. The van der Waals surface area contributed by atoms with Gasteiger partial charge in [-0.2, -0.15) is 23.3 Å². The number of alkyl halides is 3. The molecule has 0 aromatic heterocycles. The number of isothiocyanates is 1. The molecule has 0 saturated heterocycles. The number of amidine groups is 1. The molecule has 0 amide bonds. The largest absolute Gasteiger partial charge is 0.416 e. The Morgan fingerprint density at radius 3 is 2.83 bits per heavy atom. The Balaban J connectivity index is 2.28. The van der Waals surface area contributed by atoms with Crippen LogP contribution in [0, 0.1) is 0 Å². The molecular formula is C11H8F3N3S. The van der Waals surface area contributed by atoms with Crippen LogP contribution in [0.3, 0.4) is 0 Å². The average molecular weight is 271 g/mol. The van der Waals surface area contributed by atoms with E-state index in [0.29, 0.717) is 24.5 Å². The molecule has 0 unspecified atom stereocenters. The SMILES string of the molecule is FC(F)(F)c1cccc(N2CCC(N=C=S)=N2)c1. The van der Waals surface area contributed by atoms with Crippen LogP contribution in [-0.2, 0) is 6.18 Å². The van der Waals surface area contributed by atoms with Crippen molar-refractivity contribution in [2.24, 2.45) is 10.1 Å². The fourth-order valence-corrected chi connectivity index (χ4v) is 1.71. The van der Waals surface area contributed by atoms with Crippen LogP contribution in [0.25, 0.3) is 0 Å². The van der Waals surface area contributed by atoms with Gasteiger partial charge in [0.05, 0.1) is 16.4 Å². The van der Waals surface area contributed by atoms with Gasteiger partial charge in [-0.3, -0.25) is 5.01 Å². The molecule has 1 aromatic carbocycles. The van der Waals surface area contributed by atoms with Crippen molar-refractivity contribution >= 4 is 28.9 Å². The fourth-order valence-electron chi connectivity index (χ4n) is 1.61. The van der Waals surface area contributed by atoms with Gasteiger partial charge in [0.2, 0.25) is 0 Å². The van der Waals surface area contributed by atoms with Crippen LogP contribution in [0.4, 0.5) is 18.9 Å². The Morgan fingerprint density at radius 1 is 1.39 bits per heavy atom. The molecule has 3 nitrogen and oxygen atoms in total. The smallest absolute Gasteiger partial charge is 0.263 e. The second-order valence-corrected chi connectivity index (χ2v) is 3.82. The quantitative estimate of drug-likeness (QED) is 0.579. The van der Waals surface area contributed by atoms with E-state index in [2.05, 4.69) is 27.5 Å². The average Bonchev–Trinajstić information content (AvgIpc) is 2.77. The third kappa shape index (κ3) is 2.75. The molecule has 18 heavy (non-hydrogen) atoms. The number of benzene rings is 1. The number of hydrogen-bond acceptors (Lipinski definition) is 4. The summed E-state index contributed by atoms with van der Waals surface area (Å²) < 4.78 is 37.7. The summed E-state index contributed by atoms with van der Waals surface area (Å²) in [6.45, 7) is 0.483. The minimum atomic E-state index is -4.35. The lowest BCUT2D eigenvalue weighted by molar-refractivity contribution is -0.137. The second kappa shape index (κ2) is 4.88. The number of anilines is 1.